The standard InChI is InChI=1S/C15H15F2N3O/c1-7-14(8(2)20-19-7)18-15(21)12-6-11(12)10-4-3-9(16)5-13(10)17/h3-5,11-12H,6H2,1-2H3,(H,18,21)(H,19,20)/t11-,12+/m1/s1. The first-order valence-electron chi connectivity index (χ1n) is 6.74. The van der Waals surface area contributed by atoms with Crippen LogP contribution in [0, 0.1) is 31.4 Å². The van der Waals surface area contributed by atoms with Gasteiger partial charge in [0.05, 0.1) is 17.1 Å². The molecule has 110 valence electrons. The highest BCUT2D eigenvalue weighted by molar-refractivity contribution is 5.96. The molecule has 0 spiro atoms. The van der Waals surface area contributed by atoms with Crippen molar-refractivity contribution < 1.29 is 13.6 Å². The van der Waals surface area contributed by atoms with Gasteiger partial charge in [0.25, 0.3) is 0 Å². The van der Waals surface area contributed by atoms with E-state index < -0.39 is 11.6 Å². The minimum Gasteiger partial charge on any atom is -0.323 e. The van der Waals surface area contributed by atoms with E-state index in [2.05, 4.69) is 15.5 Å². The maximum atomic E-state index is 13.7. The highest BCUT2D eigenvalue weighted by Crippen LogP contribution is 2.49. The summed E-state index contributed by atoms with van der Waals surface area (Å²) in [7, 11) is 0. The fourth-order valence-corrected chi connectivity index (χ4v) is 2.58. The van der Waals surface area contributed by atoms with E-state index in [-0.39, 0.29) is 17.7 Å². The third-order valence-corrected chi connectivity index (χ3v) is 3.87. The van der Waals surface area contributed by atoms with Gasteiger partial charge in [-0.25, -0.2) is 8.78 Å². The Kier molecular flexibility index (Phi) is 3.23. The molecule has 1 aliphatic rings. The number of benzene rings is 1. The summed E-state index contributed by atoms with van der Waals surface area (Å²) in [6, 6.07) is 3.49. The number of amides is 1. The van der Waals surface area contributed by atoms with Crippen LogP contribution in [0.3, 0.4) is 0 Å². The maximum Gasteiger partial charge on any atom is 0.228 e. The fraction of sp³-hybridized carbons (Fsp3) is 0.333. The normalized spacial score (nSPS) is 20.4. The molecule has 1 heterocycles. The van der Waals surface area contributed by atoms with Gasteiger partial charge in [0.2, 0.25) is 5.91 Å². The van der Waals surface area contributed by atoms with E-state index in [4.69, 9.17) is 0 Å². The second-order valence-electron chi connectivity index (χ2n) is 5.41. The molecule has 3 rings (SSSR count). The van der Waals surface area contributed by atoms with Crippen molar-refractivity contribution in [2.24, 2.45) is 5.92 Å². The summed E-state index contributed by atoms with van der Waals surface area (Å²) < 4.78 is 26.6. The van der Waals surface area contributed by atoms with Crippen molar-refractivity contribution in [2.45, 2.75) is 26.2 Å². The second-order valence-corrected chi connectivity index (χ2v) is 5.41. The molecule has 0 unspecified atom stereocenters. The molecule has 2 aromatic rings. The predicted molar refractivity (Wildman–Crippen MR) is 73.9 cm³/mol. The van der Waals surface area contributed by atoms with Gasteiger partial charge in [-0.05, 0) is 37.8 Å². The van der Waals surface area contributed by atoms with E-state index in [1.54, 1.807) is 6.92 Å². The van der Waals surface area contributed by atoms with Crippen LogP contribution >= 0.6 is 0 Å². The van der Waals surface area contributed by atoms with Gasteiger partial charge in [-0.1, -0.05) is 6.07 Å². The minimum absolute atomic E-state index is 0.156. The molecule has 0 radical (unpaired) electrons. The molecule has 0 bridgehead atoms. The number of nitrogens with zero attached hydrogens (tertiary/aromatic N) is 1. The van der Waals surface area contributed by atoms with Crippen molar-refractivity contribution in [1.29, 1.82) is 0 Å². The Morgan fingerprint density at radius 3 is 2.76 bits per heavy atom. The molecule has 2 N–H and O–H groups in total. The molecule has 1 fully saturated rings. The number of aromatic nitrogens is 2. The lowest BCUT2D eigenvalue weighted by Crippen LogP contribution is -2.15. The predicted octanol–water partition coefficient (Wildman–Crippen LogP) is 3.05. The lowest BCUT2D eigenvalue weighted by atomic mass is 10.1. The smallest absolute Gasteiger partial charge is 0.228 e. The summed E-state index contributed by atoms with van der Waals surface area (Å²) in [6.45, 7) is 3.61. The molecule has 2 atom stereocenters. The fourth-order valence-electron chi connectivity index (χ4n) is 2.58. The first kappa shape index (κ1) is 13.7. The zero-order chi connectivity index (χ0) is 15.1. The van der Waals surface area contributed by atoms with Gasteiger partial charge in [0.15, 0.2) is 0 Å². The molecule has 4 nitrogen and oxygen atoms in total. The quantitative estimate of drug-likeness (QED) is 0.913. The Balaban J connectivity index is 1.71. The summed E-state index contributed by atoms with van der Waals surface area (Å²) >= 11 is 0. The van der Waals surface area contributed by atoms with E-state index in [1.165, 1.54) is 12.1 Å². The van der Waals surface area contributed by atoms with Crippen molar-refractivity contribution in [2.75, 3.05) is 5.32 Å². The number of aromatic amines is 1. The van der Waals surface area contributed by atoms with Crippen LogP contribution in [0.4, 0.5) is 14.5 Å². The number of halogens is 2. The first-order valence-corrected chi connectivity index (χ1v) is 6.74. The molecule has 21 heavy (non-hydrogen) atoms. The number of aryl methyl sites for hydroxylation is 2. The number of anilines is 1. The van der Waals surface area contributed by atoms with Crippen molar-refractivity contribution in [3.05, 3.63) is 46.8 Å². The lowest BCUT2D eigenvalue weighted by Gasteiger charge is -2.06. The number of H-pyrrole nitrogens is 1. The van der Waals surface area contributed by atoms with E-state index in [0.29, 0.717) is 23.4 Å². The van der Waals surface area contributed by atoms with Crippen LogP contribution in [0.2, 0.25) is 0 Å². The van der Waals surface area contributed by atoms with Crippen LogP contribution < -0.4 is 5.32 Å². The van der Waals surface area contributed by atoms with Crippen LogP contribution in [0.5, 0.6) is 0 Å². The Bertz CT molecular complexity index is 691. The SMILES string of the molecule is Cc1n[nH]c(C)c1NC(=O)[C@H]1C[C@@H]1c1ccc(F)cc1F. The monoisotopic (exact) mass is 291 g/mol. The number of hydrogen-bond acceptors (Lipinski definition) is 2. The van der Waals surface area contributed by atoms with Crippen molar-refractivity contribution in [3.8, 4) is 0 Å². The average molecular weight is 291 g/mol. The largest absolute Gasteiger partial charge is 0.323 e. The number of rotatable bonds is 3. The van der Waals surface area contributed by atoms with Gasteiger partial charge in [-0.15, -0.1) is 0 Å². The molecule has 1 amide bonds. The lowest BCUT2D eigenvalue weighted by molar-refractivity contribution is -0.117. The van der Waals surface area contributed by atoms with Crippen molar-refractivity contribution >= 4 is 11.6 Å². The molecular formula is C15H15F2N3O. The molecule has 0 aliphatic heterocycles. The third kappa shape index (κ3) is 2.53. The molecule has 1 aromatic heterocycles. The van der Waals surface area contributed by atoms with Crippen LogP contribution in [0.1, 0.15) is 29.3 Å². The molecule has 1 aromatic carbocycles. The Morgan fingerprint density at radius 2 is 2.14 bits per heavy atom. The number of carbonyl (C=O) groups excluding carboxylic acids is 1. The molecular weight excluding hydrogens is 276 g/mol. The summed E-state index contributed by atoms with van der Waals surface area (Å²) in [5.74, 6) is -1.82. The minimum atomic E-state index is -0.609. The van der Waals surface area contributed by atoms with E-state index in [1.807, 2.05) is 6.92 Å². The molecule has 1 aliphatic carbocycles. The van der Waals surface area contributed by atoms with Crippen LogP contribution in [0.25, 0.3) is 0 Å². The highest BCUT2D eigenvalue weighted by Gasteiger charge is 2.45. The first-order chi connectivity index (χ1) is 9.97. The topological polar surface area (TPSA) is 57.8 Å². The van der Waals surface area contributed by atoms with Gasteiger partial charge < -0.3 is 5.32 Å². The Hall–Kier alpha value is -2.24. The van der Waals surface area contributed by atoms with E-state index in [9.17, 15) is 13.6 Å². The maximum absolute atomic E-state index is 13.7. The summed E-state index contributed by atoms with van der Waals surface area (Å²) in [5.41, 5.74) is 2.57. The van der Waals surface area contributed by atoms with Crippen LogP contribution in [-0.2, 0) is 4.79 Å². The summed E-state index contributed by atoms with van der Waals surface area (Å²) in [4.78, 5) is 12.2. The molecule has 0 saturated heterocycles. The van der Waals surface area contributed by atoms with E-state index in [0.717, 1.165) is 11.8 Å². The zero-order valence-corrected chi connectivity index (χ0v) is 11.7. The molecule has 6 heteroatoms. The summed E-state index contributed by atoms with van der Waals surface area (Å²) in [5, 5.41) is 9.62. The number of carbonyl (C=O) groups is 1. The highest BCUT2D eigenvalue weighted by atomic mass is 19.1. The Labute approximate surface area is 120 Å². The second kappa shape index (κ2) is 4.95. The van der Waals surface area contributed by atoms with E-state index >= 15 is 0 Å². The zero-order valence-electron chi connectivity index (χ0n) is 11.7. The van der Waals surface area contributed by atoms with Crippen molar-refractivity contribution in [1.82, 2.24) is 10.2 Å². The Morgan fingerprint density at radius 1 is 1.38 bits per heavy atom. The molecule has 1 saturated carbocycles. The van der Waals surface area contributed by atoms with Crippen LogP contribution in [0.15, 0.2) is 18.2 Å². The average Bonchev–Trinajstić information content (AvgIpc) is 3.15. The van der Waals surface area contributed by atoms with Gasteiger partial charge in [-0.3, -0.25) is 9.89 Å². The van der Waals surface area contributed by atoms with Gasteiger partial charge >= 0.3 is 0 Å². The third-order valence-electron chi connectivity index (χ3n) is 3.87. The van der Waals surface area contributed by atoms with Gasteiger partial charge in [0, 0.05) is 12.0 Å². The number of nitrogens with one attached hydrogen (secondary N) is 2. The van der Waals surface area contributed by atoms with Crippen molar-refractivity contribution in [3.63, 3.8) is 0 Å². The van der Waals surface area contributed by atoms with Gasteiger partial charge in [-0.2, -0.15) is 5.10 Å². The van der Waals surface area contributed by atoms with Gasteiger partial charge in [0.1, 0.15) is 11.6 Å². The summed E-state index contributed by atoms with van der Waals surface area (Å²) in [6.07, 6.45) is 0.574. The number of hydrogen-bond donors (Lipinski definition) is 2. The van der Waals surface area contributed by atoms with Crippen LogP contribution in [-0.4, -0.2) is 16.1 Å².